The zero-order valence-corrected chi connectivity index (χ0v) is 11.2. The maximum absolute atomic E-state index is 12.2. The van der Waals surface area contributed by atoms with Gasteiger partial charge in [0.15, 0.2) is 5.82 Å². The van der Waals surface area contributed by atoms with Gasteiger partial charge >= 0.3 is 0 Å². The number of rotatable bonds is 2. The van der Waals surface area contributed by atoms with Gasteiger partial charge in [0.2, 0.25) is 14.9 Å². The van der Waals surface area contributed by atoms with E-state index in [1.54, 1.807) is 12.1 Å². The van der Waals surface area contributed by atoms with Crippen molar-refractivity contribution in [3.8, 4) is 0 Å². The van der Waals surface area contributed by atoms with Crippen LogP contribution in [-0.2, 0) is 16.9 Å². The number of nitrogen functional groups attached to an aromatic ring is 1. The van der Waals surface area contributed by atoms with Crippen LogP contribution in [0, 0.1) is 0 Å². The molecule has 90 valence electrons. The third-order valence-electron chi connectivity index (χ3n) is 2.22. The molecule has 2 aromatic rings. The first kappa shape index (κ1) is 12.1. The second-order valence-electron chi connectivity index (χ2n) is 3.36. The van der Waals surface area contributed by atoms with Crippen LogP contribution in [-0.4, -0.2) is 23.4 Å². The number of nitrogens with zero attached hydrogens (tertiary/aromatic N) is 3. The number of anilines is 1. The fourth-order valence-electron chi connectivity index (χ4n) is 1.26. The topological polar surface area (TPSA) is 90.9 Å². The van der Waals surface area contributed by atoms with E-state index >= 15 is 0 Å². The second kappa shape index (κ2) is 4.11. The van der Waals surface area contributed by atoms with Gasteiger partial charge in [-0.2, -0.15) is 0 Å². The standard InChI is InChI=1S/C9H9BrN4O2S/c1-14-8(11)9(12-13-14)17(15,16)7-4-2-6(10)3-5-7/h2-5H,11H2,1H3. The molecule has 0 bridgehead atoms. The van der Waals surface area contributed by atoms with E-state index in [1.165, 1.54) is 23.9 Å². The Morgan fingerprint density at radius 1 is 1.29 bits per heavy atom. The zero-order chi connectivity index (χ0) is 12.6. The number of aryl methyl sites for hydroxylation is 1. The minimum Gasteiger partial charge on any atom is -0.381 e. The molecule has 0 saturated heterocycles. The number of hydrogen-bond donors (Lipinski definition) is 1. The zero-order valence-electron chi connectivity index (χ0n) is 8.83. The molecule has 0 aliphatic heterocycles. The Kier molecular flexibility index (Phi) is 2.92. The summed E-state index contributed by atoms with van der Waals surface area (Å²) >= 11 is 3.24. The van der Waals surface area contributed by atoms with Gasteiger partial charge in [0, 0.05) is 11.5 Å². The highest BCUT2D eigenvalue weighted by Gasteiger charge is 2.25. The summed E-state index contributed by atoms with van der Waals surface area (Å²) in [4.78, 5) is 0.132. The molecule has 0 unspecified atom stereocenters. The van der Waals surface area contributed by atoms with Crippen molar-refractivity contribution in [1.82, 2.24) is 15.0 Å². The number of halogens is 1. The van der Waals surface area contributed by atoms with E-state index in [-0.39, 0.29) is 15.7 Å². The average molecular weight is 317 g/mol. The average Bonchev–Trinajstić information content (AvgIpc) is 2.61. The van der Waals surface area contributed by atoms with Crippen molar-refractivity contribution in [2.75, 3.05) is 5.73 Å². The molecule has 0 radical (unpaired) electrons. The number of benzene rings is 1. The molecule has 0 aliphatic carbocycles. The lowest BCUT2D eigenvalue weighted by molar-refractivity contribution is 0.592. The summed E-state index contributed by atoms with van der Waals surface area (Å²) in [5.74, 6) is 0.0212. The van der Waals surface area contributed by atoms with E-state index < -0.39 is 9.84 Å². The normalized spacial score (nSPS) is 11.6. The van der Waals surface area contributed by atoms with Crippen LogP contribution >= 0.6 is 15.9 Å². The predicted molar refractivity (Wildman–Crippen MR) is 65.0 cm³/mol. The molecule has 0 amide bonds. The smallest absolute Gasteiger partial charge is 0.229 e. The Balaban J connectivity index is 2.58. The lowest BCUT2D eigenvalue weighted by atomic mass is 10.4. The Labute approximate surface area is 106 Å². The lowest BCUT2D eigenvalue weighted by Gasteiger charge is -2.02. The van der Waals surface area contributed by atoms with Crippen LogP contribution in [0.3, 0.4) is 0 Å². The fourth-order valence-corrected chi connectivity index (χ4v) is 2.80. The van der Waals surface area contributed by atoms with Crippen molar-refractivity contribution < 1.29 is 8.42 Å². The summed E-state index contributed by atoms with van der Waals surface area (Å²) in [7, 11) is -2.18. The molecule has 0 spiro atoms. The van der Waals surface area contributed by atoms with Crippen molar-refractivity contribution in [2.45, 2.75) is 9.92 Å². The van der Waals surface area contributed by atoms with Gasteiger partial charge in [-0.15, -0.1) is 5.10 Å². The fraction of sp³-hybridized carbons (Fsp3) is 0.111. The summed E-state index contributed by atoms with van der Waals surface area (Å²) in [5.41, 5.74) is 5.61. The molecule has 0 saturated carbocycles. The van der Waals surface area contributed by atoms with Gasteiger partial charge < -0.3 is 5.73 Å². The van der Waals surface area contributed by atoms with Gasteiger partial charge in [0.25, 0.3) is 0 Å². The molecule has 6 nitrogen and oxygen atoms in total. The molecular formula is C9H9BrN4O2S. The highest BCUT2D eigenvalue weighted by atomic mass is 79.9. The van der Waals surface area contributed by atoms with E-state index in [1.807, 2.05) is 0 Å². The molecule has 1 heterocycles. The van der Waals surface area contributed by atoms with E-state index in [9.17, 15) is 8.42 Å². The van der Waals surface area contributed by atoms with Crippen LogP contribution < -0.4 is 5.73 Å². The van der Waals surface area contributed by atoms with Crippen molar-refractivity contribution in [3.05, 3.63) is 28.7 Å². The number of hydrogen-bond acceptors (Lipinski definition) is 5. The van der Waals surface area contributed by atoms with E-state index in [2.05, 4.69) is 26.2 Å². The molecular weight excluding hydrogens is 308 g/mol. The molecule has 2 N–H and O–H groups in total. The van der Waals surface area contributed by atoms with Crippen molar-refractivity contribution >= 4 is 31.6 Å². The van der Waals surface area contributed by atoms with Crippen LogP contribution in [0.4, 0.5) is 5.82 Å². The molecule has 17 heavy (non-hydrogen) atoms. The third-order valence-corrected chi connectivity index (χ3v) is 4.44. The van der Waals surface area contributed by atoms with Crippen molar-refractivity contribution in [2.24, 2.45) is 7.05 Å². The van der Waals surface area contributed by atoms with Crippen LogP contribution in [0.25, 0.3) is 0 Å². The quantitative estimate of drug-likeness (QED) is 0.892. The Bertz CT molecular complexity index is 648. The minimum absolute atomic E-state index is 0.0212. The largest absolute Gasteiger partial charge is 0.381 e. The van der Waals surface area contributed by atoms with Crippen LogP contribution in [0.1, 0.15) is 0 Å². The van der Waals surface area contributed by atoms with E-state index in [0.29, 0.717) is 0 Å². The van der Waals surface area contributed by atoms with Gasteiger partial charge in [-0.25, -0.2) is 13.1 Å². The third kappa shape index (κ3) is 2.05. The summed E-state index contributed by atoms with van der Waals surface area (Å²) in [6.45, 7) is 0. The highest BCUT2D eigenvalue weighted by Crippen LogP contribution is 2.24. The SMILES string of the molecule is Cn1nnc(S(=O)(=O)c2ccc(Br)cc2)c1N. The monoisotopic (exact) mass is 316 g/mol. The molecule has 0 fully saturated rings. The summed E-state index contributed by atoms with van der Waals surface area (Å²) in [6.07, 6.45) is 0. The first-order valence-electron chi connectivity index (χ1n) is 4.59. The van der Waals surface area contributed by atoms with Gasteiger partial charge in [-0.1, -0.05) is 21.1 Å². The van der Waals surface area contributed by atoms with Crippen LogP contribution in [0.5, 0.6) is 0 Å². The van der Waals surface area contributed by atoms with Crippen LogP contribution in [0.2, 0.25) is 0 Å². The highest BCUT2D eigenvalue weighted by molar-refractivity contribution is 9.10. The van der Waals surface area contributed by atoms with Crippen molar-refractivity contribution in [3.63, 3.8) is 0 Å². The van der Waals surface area contributed by atoms with E-state index in [0.717, 1.165) is 4.47 Å². The Morgan fingerprint density at radius 3 is 2.35 bits per heavy atom. The summed E-state index contributed by atoms with van der Waals surface area (Å²) < 4.78 is 26.3. The van der Waals surface area contributed by atoms with Gasteiger partial charge in [-0.05, 0) is 24.3 Å². The molecule has 0 atom stereocenters. The molecule has 2 rings (SSSR count). The van der Waals surface area contributed by atoms with Crippen molar-refractivity contribution in [1.29, 1.82) is 0 Å². The lowest BCUT2D eigenvalue weighted by Crippen LogP contribution is -2.06. The van der Waals surface area contributed by atoms with Gasteiger partial charge in [0.1, 0.15) is 0 Å². The predicted octanol–water partition coefficient (Wildman–Crippen LogP) is 0.993. The molecule has 8 heteroatoms. The number of sulfone groups is 1. The Morgan fingerprint density at radius 2 is 1.88 bits per heavy atom. The first-order chi connectivity index (χ1) is 7.93. The number of nitrogens with two attached hydrogens (primary N) is 1. The number of aromatic nitrogens is 3. The van der Waals surface area contributed by atoms with Crippen LogP contribution in [0.15, 0.2) is 38.7 Å². The maximum Gasteiger partial charge on any atom is 0.229 e. The minimum atomic E-state index is -3.71. The molecule has 1 aromatic heterocycles. The van der Waals surface area contributed by atoms with Gasteiger partial charge in [0.05, 0.1) is 4.90 Å². The Hall–Kier alpha value is -1.41. The summed E-state index contributed by atoms with van der Waals surface area (Å²) in [5, 5.41) is 6.93. The molecule has 0 aliphatic rings. The summed E-state index contributed by atoms with van der Waals surface area (Å²) in [6, 6.07) is 6.24. The first-order valence-corrected chi connectivity index (χ1v) is 6.86. The van der Waals surface area contributed by atoms with E-state index in [4.69, 9.17) is 5.73 Å². The van der Waals surface area contributed by atoms with Gasteiger partial charge in [-0.3, -0.25) is 0 Å². The second-order valence-corrected chi connectivity index (χ2v) is 6.14. The maximum atomic E-state index is 12.2. The molecule has 1 aromatic carbocycles.